The van der Waals surface area contributed by atoms with Gasteiger partial charge in [-0.05, 0) is 83.5 Å². The highest BCUT2D eigenvalue weighted by Crippen LogP contribution is 2.38. The molecule has 0 radical (unpaired) electrons. The summed E-state index contributed by atoms with van der Waals surface area (Å²) in [6.07, 6.45) is 99.0. The van der Waals surface area contributed by atoms with E-state index >= 15 is 0 Å². The topological polar surface area (TPSA) is 111 Å². The van der Waals surface area contributed by atoms with E-state index in [1.807, 2.05) is 21.1 Å². The van der Waals surface area contributed by atoms with Crippen molar-refractivity contribution in [1.29, 1.82) is 0 Å². The van der Waals surface area contributed by atoms with Crippen molar-refractivity contribution in [2.75, 3.05) is 47.5 Å². The largest absolute Gasteiger partial charge is 0.756 e. The van der Waals surface area contributed by atoms with Crippen molar-refractivity contribution in [2.45, 2.75) is 341 Å². The summed E-state index contributed by atoms with van der Waals surface area (Å²) in [5.74, 6) is -0.823. The molecule has 10 heteroatoms. The van der Waals surface area contributed by atoms with Crippen LogP contribution in [0, 0.1) is 0 Å². The summed E-state index contributed by atoms with van der Waals surface area (Å²) in [5.41, 5.74) is 0. The molecule has 0 amide bonds. The number of hydrogen-bond donors (Lipinski definition) is 0. The van der Waals surface area contributed by atoms with Gasteiger partial charge in [0.15, 0.2) is 6.10 Å². The molecule has 0 aliphatic carbocycles. The normalized spacial score (nSPS) is 13.7. The second kappa shape index (κ2) is 70.0. The third-order valence-electron chi connectivity index (χ3n) is 16.3. The van der Waals surface area contributed by atoms with Gasteiger partial charge in [0.05, 0.1) is 27.7 Å². The van der Waals surface area contributed by atoms with Gasteiger partial charge < -0.3 is 27.9 Å². The number of unbranched alkanes of at least 4 members (excludes halogenated alkanes) is 37. The predicted octanol–water partition coefficient (Wildman–Crippen LogP) is 24.2. The molecule has 0 aliphatic heterocycles. The van der Waals surface area contributed by atoms with Gasteiger partial charge in [-0.1, -0.05) is 348 Å². The predicted molar refractivity (Wildman–Crippen MR) is 388 cm³/mol. The van der Waals surface area contributed by atoms with Gasteiger partial charge in [0.1, 0.15) is 19.8 Å². The Kier molecular flexibility index (Phi) is 67.4. The molecule has 0 saturated heterocycles. The second-order valence-corrected chi connectivity index (χ2v) is 27.7. The molecule has 0 aromatic carbocycles. The Labute approximate surface area is 556 Å². The zero-order valence-electron chi connectivity index (χ0n) is 59.3. The van der Waals surface area contributed by atoms with E-state index < -0.39 is 26.5 Å². The Morgan fingerprint density at radius 2 is 0.633 bits per heavy atom. The zero-order valence-corrected chi connectivity index (χ0v) is 60.2. The Morgan fingerprint density at radius 3 is 0.944 bits per heavy atom. The van der Waals surface area contributed by atoms with Crippen LogP contribution in [-0.2, 0) is 32.7 Å². The first-order valence-corrected chi connectivity index (χ1v) is 39.1. The van der Waals surface area contributed by atoms with Crippen LogP contribution in [0.4, 0.5) is 0 Å². The van der Waals surface area contributed by atoms with E-state index in [1.165, 1.54) is 205 Å². The van der Waals surface area contributed by atoms with Gasteiger partial charge in [-0.3, -0.25) is 14.2 Å². The Bertz CT molecular complexity index is 1890. The van der Waals surface area contributed by atoms with Gasteiger partial charge in [0.25, 0.3) is 7.82 Å². The van der Waals surface area contributed by atoms with Crippen molar-refractivity contribution in [1.82, 2.24) is 0 Å². The smallest absolute Gasteiger partial charge is 0.306 e. The fourth-order valence-electron chi connectivity index (χ4n) is 10.6. The summed E-state index contributed by atoms with van der Waals surface area (Å²) in [4.78, 5) is 38.1. The molecule has 0 aromatic heterocycles. The number of phosphoric acid groups is 1. The molecular formula is C80H142NO8P. The van der Waals surface area contributed by atoms with Crippen LogP contribution in [0.1, 0.15) is 335 Å². The minimum Gasteiger partial charge on any atom is -0.756 e. The van der Waals surface area contributed by atoms with E-state index in [-0.39, 0.29) is 32.0 Å². The van der Waals surface area contributed by atoms with Crippen LogP contribution in [0.3, 0.4) is 0 Å². The molecule has 90 heavy (non-hydrogen) atoms. The van der Waals surface area contributed by atoms with Crippen LogP contribution in [0.2, 0.25) is 0 Å². The molecule has 0 heterocycles. The second-order valence-electron chi connectivity index (χ2n) is 26.3. The van der Waals surface area contributed by atoms with E-state index in [1.54, 1.807) is 0 Å². The van der Waals surface area contributed by atoms with Crippen LogP contribution in [-0.4, -0.2) is 70.0 Å². The average molecular weight is 1280 g/mol. The SMILES string of the molecule is CC/C=C\C/C=C\C/C=C\C/C=C\C/C=C\C/C=C\C/C=C\C/C=C\C/C=C\CCCCCCCCCCCCCCCC(=O)OC(COC(=O)CCCCCCCCCCCCCCCCCCCCCCCCCCC)COP(=O)([O-])OCC[N+](C)(C)C. The lowest BCUT2D eigenvalue weighted by atomic mass is 10.0. The summed E-state index contributed by atoms with van der Waals surface area (Å²) in [6.45, 7) is 4.17. The monoisotopic (exact) mass is 1280 g/mol. The number of esters is 2. The van der Waals surface area contributed by atoms with E-state index in [2.05, 4.69) is 123 Å². The van der Waals surface area contributed by atoms with Gasteiger partial charge in [-0.2, -0.15) is 0 Å². The number of ether oxygens (including phenoxy) is 2. The van der Waals surface area contributed by atoms with Crippen molar-refractivity contribution >= 4 is 19.8 Å². The van der Waals surface area contributed by atoms with Gasteiger partial charge in [0, 0.05) is 12.8 Å². The van der Waals surface area contributed by atoms with E-state index in [4.69, 9.17) is 18.5 Å². The van der Waals surface area contributed by atoms with E-state index in [9.17, 15) is 19.0 Å². The van der Waals surface area contributed by atoms with Crippen molar-refractivity contribution < 1.29 is 42.1 Å². The zero-order chi connectivity index (χ0) is 65.5. The maximum absolute atomic E-state index is 12.9. The molecule has 520 valence electrons. The minimum absolute atomic E-state index is 0.0325. The highest BCUT2D eigenvalue weighted by atomic mass is 31.2. The first kappa shape index (κ1) is 86.7. The standard InChI is InChI=1S/C80H142NO8P/c1-6-8-10-12-14-16-18-20-22-24-26-28-30-32-33-34-35-36-37-38-39-40-41-42-43-44-45-46-47-49-51-53-55-57-59-61-63-65-67-69-71-73-80(83)89-78(77-88-90(84,85)87-75-74-81(3,4)5)76-86-79(82)72-70-68-66-64-62-60-58-56-54-52-50-48-31-29-27-25-23-21-19-17-15-13-11-9-7-2/h8,10,14,16,20,22,26,28,32-33,35-36,38-39,41-42,44-45,78H,6-7,9,11-13,15,17-19,21,23-25,27,29-31,34,37,40,43,46-77H2,1-5H3/b10-8-,16-14-,22-20-,28-26-,33-32-,36-35-,39-38-,42-41-,45-44-. The molecule has 0 N–H and O–H groups in total. The van der Waals surface area contributed by atoms with Gasteiger partial charge in [0.2, 0.25) is 0 Å². The summed E-state index contributed by atoms with van der Waals surface area (Å²) in [5, 5.41) is 0. The lowest BCUT2D eigenvalue weighted by Crippen LogP contribution is -2.37. The fourth-order valence-corrected chi connectivity index (χ4v) is 11.3. The summed E-state index contributed by atoms with van der Waals surface area (Å²) in [6, 6.07) is 0. The molecular weight excluding hydrogens is 1130 g/mol. The highest BCUT2D eigenvalue weighted by Gasteiger charge is 2.22. The fraction of sp³-hybridized carbons (Fsp3) is 0.750. The maximum Gasteiger partial charge on any atom is 0.306 e. The minimum atomic E-state index is -4.65. The number of quaternary nitrogens is 1. The molecule has 2 unspecified atom stereocenters. The van der Waals surface area contributed by atoms with E-state index in [0.717, 1.165) is 96.3 Å². The molecule has 0 bridgehead atoms. The van der Waals surface area contributed by atoms with Crippen LogP contribution in [0.15, 0.2) is 109 Å². The number of carbonyl (C=O) groups is 2. The van der Waals surface area contributed by atoms with Gasteiger partial charge in [-0.15, -0.1) is 0 Å². The van der Waals surface area contributed by atoms with Crippen molar-refractivity contribution in [3.8, 4) is 0 Å². The molecule has 0 spiro atoms. The van der Waals surface area contributed by atoms with Crippen molar-refractivity contribution in [2.24, 2.45) is 0 Å². The molecule has 9 nitrogen and oxygen atoms in total. The summed E-state index contributed by atoms with van der Waals surface area (Å²) >= 11 is 0. The third kappa shape index (κ3) is 73.7. The number of carbonyl (C=O) groups excluding carboxylic acids is 2. The molecule has 2 atom stereocenters. The lowest BCUT2D eigenvalue weighted by Gasteiger charge is -2.28. The Morgan fingerprint density at radius 1 is 0.356 bits per heavy atom. The highest BCUT2D eigenvalue weighted by molar-refractivity contribution is 7.45. The van der Waals surface area contributed by atoms with Crippen LogP contribution < -0.4 is 4.89 Å². The first-order valence-electron chi connectivity index (χ1n) is 37.6. The number of rotatable bonds is 69. The first-order chi connectivity index (χ1) is 44.0. The lowest BCUT2D eigenvalue weighted by molar-refractivity contribution is -0.870. The molecule has 0 saturated carbocycles. The summed E-state index contributed by atoms with van der Waals surface area (Å²) in [7, 11) is 1.17. The maximum atomic E-state index is 12.9. The van der Waals surface area contributed by atoms with Gasteiger partial charge in [-0.25, -0.2) is 0 Å². The summed E-state index contributed by atoms with van der Waals surface area (Å²) < 4.78 is 34.4. The molecule has 0 rings (SSSR count). The molecule has 0 fully saturated rings. The van der Waals surface area contributed by atoms with E-state index in [0.29, 0.717) is 17.4 Å². The number of hydrogen-bond acceptors (Lipinski definition) is 8. The Hall–Kier alpha value is -3.33. The quantitative estimate of drug-likeness (QED) is 0.0195. The number of phosphoric ester groups is 1. The van der Waals surface area contributed by atoms with Gasteiger partial charge >= 0.3 is 11.9 Å². The average Bonchev–Trinajstić information content (AvgIpc) is 3.62. The number of likely N-dealkylation sites (N-methyl/N-ethyl adjacent to an activating group) is 1. The number of nitrogens with zero attached hydrogens (tertiary/aromatic N) is 1. The van der Waals surface area contributed by atoms with Crippen molar-refractivity contribution in [3.05, 3.63) is 109 Å². The number of allylic oxidation sites excluding steroid dienone is 18. The van der Waals surface area contributed by atoms with Crippen LogP contribution in [0.5, 0.6) is 0 Å². The third-order valence-corrected chi connectivity index (χ3v) is 17.3. The van der Waals surface area contributed by atoms with Crippen LogP contribution in [0.25, 0.3) is 0 Å². The van der Waals surface area contributed by atoms with Crippen LogP contribution >= 0.6 is 7.82 Å². The molecule has 0 aliphatic rings. The molecule has 0 aromatic rings. The van der Waals surface area contributed by atoms with Crippen molar-refractivity contribution in [3.63, 3.8) is 0 Å². The Balaban J connectivity index is 4.01.